The van der Waals surface area contributed by atoms with E-state index >= 15 is 0 Å². The number of aliphatic imine (C=N–C) groups is 1. The first-order valence-electron chi connectivity index (χ1n) is 11.3. The van der Waals surface area contributed by atoms with Crippen LogP contribution in [-0.4, -0.2) is 55.7 Å². The molecule has 0 radical (unpaired) electrons. The van der Waals surface area contributed by atoms with Crippen LogP contribution in [0.15, 0.2) is 23.2 Å². The third-order valence-electron chi connectivity index (χ3n) is 4.72. The summed E-state index contributed by atoms with van der Waals surface area (Å²) in [5.41, 5.74) is 0.444. The summed E-state index contributed by atoms with van der Waals surface area (Å²) >= 11 is 0. The van der Waals surface area contributed by atoms with Crippen molar-refractivity contribution in [2.24, 2.45) is 4.99 Å². The number of amides is 2. The number of benzene rings is 1. The summed E-state index contributed by atoms with van der Waals surface area (Å²) in [4.78, 5) is 28.5. The number of rotatable bonds is 8. The maximum atomic E-state index is 12.2. The van der Waals surface area contributed by atoms with Crippen molar-refractivity contribution in [2.45, 2.75) is 64.5 Å². The fourth-order valence-electron chi connectivity index (χ4n) is 3.11. The zero-order chi connectivity index (χ0) is 23.0. The van der Waals surface area contributed by atoms with Crippen molar-refractivity contribution >= 4 is 23.5 Å². The minimum absolute atomic E-state index is 0.0146. The minimum atomic E-state index is -0.323. The maximum Gasteiger partial charge on any atom is 0.242 e. The van der Waals surface area contributed by atoms with Crippen LogP contribution in [0.25, 0.3) is 0 Å². The molecule has 1 heterocycles. The molecule has 0 atom stereocenters. The van der Waals surface area contributed by atoms with E-state index < -0.39 is 0 Å². The van der Waals surface area contributed by atoms with Crippen molar-refractivity contribution < 1.29 is 19.1 Å². The highest BCUT2D eigenvalue weighted by atomic mass is 16.5. The van der Waals surface area contributed by atoms with Crippen molar-refractivity contribution in [1.82, 2.24) is 16.0 Å². The fraction of sp³-hybridized carbons (Fsp3) is 0.609. The first-order valence-corrected chi connectivity index (χ1v) is 11.3. The van der Waals surface area contributed by atoms with Gasteiger partial charge < -0.3 is 30.7 Å². The molecule has 1 saturated carbocycles. The monoisotopic (exact) mass is 445 g/mol. The van der Waals surface area contributed by atoms with E-state index in [0.29, 0.717) is 56.1 Å². The van der Waals surface area contributed by atoms with E-state index in [0.717, 1.165) is 24.9 Å². The lowest BCUT2D eigenvalue weighted by molar-refractivity contribution is -0.122. The van der Waals surface area contributed by atoms with Gasteiger partial charge >= 0.3 is 0 Å². The Morgan fingerprint density at radius 2 is 1.84 bits per heavy atom. The quantitative estimate of drug-likeness (QED) is 0.277. The Labute approximate surface area is 189 Å². The standard InChI is InChI=1S/C23H35N5O4/c1-23(2,3)28-21(30)15-25-22(24-11-4-6-20(29)26-16-7-8-16)27-17-9-10-18-19(14-17)32-13-5-12-31-18/h9-10,14,16H,4-8,11-13,15H2,1-3H3,(H,26,29)(H,28,30)(H2,24,25,27). The lowest BCUT2D eigenvalue weighted by atomic mass is 10.1. The molecule has 1 aromatic carbocycles. The number of anilines is 1. The second-order valence-corrected chi connectivity index (χ2v) is 9.17. The van der Waals surface area contributed by atoms with Gasteiger partial charge in [0.1, 0.15) is 6.54 Å². The third kappa shape index (κ3) is 8.64. The van der Waals surface area contributed by atoms with E-state index in [1.54, 1.807) is 0 Å². The number of nitrogens with one attached hydrogen (secondary N) is 4. The van der Waals surface area contributed by atoms with Crippen molar-refractivity contribution in [3.63, 3.8) is 0 Å². The molecule has 2 amide bonds. The van der Waals surface area contributed by atoms with Crippen LogP contribution in [-0.2, 0) is 9.59 Å². The number of carbonyl (C=O) groups is 2. The molecule has 1 aliphatic heterocycles. The van der Waals surface area contributed by atoms with Gasteiger partial charge in [-0.05, 0) is 52.2 Å². The topological polar surface area (TPSA) is 113 Å². The molecule has 9 heteroatoms. The van der Waals surface area contributed by atoms with E-state index in [-0.39, 0.29) is 23.9 Å². The number of hydrogen-bond acceptors (Lipinski definition) is 5. The molecule has 0 spiro atoms. The minimum Gasteiger partial charge on any atom is -0.490 e. The van der Waals surface area contributed by atoms with Gasteiger partial charge in [-0.1, -0.05) is 0 Å². The van der Waals surface area contributed by atoms with Gasteiger partial charge in [0.25, 0.3) is 0 Å². The lowest BCUT2D eigenvalue weighted by Crippen LogP contribution is -2.42. The molecule has 0 aromatic heterocycles. The Morgan fingerprint density at radius 3 is 2.56 bits per heavy atom. The summed E-state index contributed by atoms with van der Waals surface area (Å²) in [5.74, 6) is 1.76. The molecule has 1 fully saturated rings. The molecule has 4 N–H and O–H groups in total. The predicted molar refractivity (Wildman–Crippen MR) is 124 cm³/mol. The second-order valence-electron chi connectivity index (χ2n) is 9.17. The van der Waals surface area contributed by atoms with Gasteiger partial charge in [-0.25, -0.2) is 4.99 Å². The Hall–Kier alpha value is -2.97. The Kier molecular flexibility index (Phi) is 8.19. The summed E-state index contributed by atoms with van der Waals surface area (Å²) in [6.07, 6.45) is 4.11. The van der Waals surface area contributed by atoms with Crippen LogP contribution >= 0.6 is 0 Å². The number of carbonyl (C=O) groups excluding carboxylic acids is 2. The van der Waals surface area contributed by atoms with Crippen LogP contribution in [0.2, 0.25) is 0 Å². The van der Waals surface area contributed by atoms with E-state index in [4.69, 9.17) is 9.47 Å². The third-order valence-corrected chi connectivity index (χ3v) is 4.72. The average molecular weight is 446 g/mol. The van der Waals surface area contributed by atoms with Crippen LogP contribution in [0, 0.1) is 0 Å². The van der Waals surface area contributed by atoms with Gasteiger partial charge in [0, 0.05) is 42.7 Å². The highest BCUT2D eigenvalue weighted by molar-refractivity contribution is 5.95. The van der Waals surface area contributed by atoms with Gasteiger partial charge in [0.2, 0.25) is 11.8 Å². The lowest BCUT2D eigenvalue weighted by Gasteiger charge is -2.20. The SMILES string of the molecule is CC(C)(C)NC(=O)CN=C(NCCCC(=O)NC1CC1)Nc1ccc2c(c1)OCCCO2. The molecular weight excluding hydrogens is 410 g/mol. The molecule has 1 aromatic rings. The highest BCUT2D eigenvalue weighted by Gasteiger charge is 2.22. The molecule has 1 aliphatic carbocycles. The normalized spacial score (nSPS) is 16.0. The number of nitrogens with zero attached hydrogens (tertiary/aromatic N) is 1. The summed E-state index contributed by atoms with van der Waals surface area (Å²) in [7, 11) is 0. The molecule has 9 nitrogen and oxygen atoms in total. The van der Waals surface area contributed by atoms with Crippen LogP contribution in [0.3, 0.4) is 0 Å². The molecule has 0 unspecified atom stereocenters. The predicted octanol–water partition coefficient (Wildman–Crippen LogP) is 2.18. The smallest absolute Gasteiger partial charge is 0.242 e. The van der Waals surface area contributed by atoms with Gasteiger partial charge in [0.15, 0.2) is 17.5 Å². The largest absolute Gasteiger partial charge is 0.490 e. The number of ether oxygens (including phenoxy) is 2. The second kappa shape index (κ2) is 11.1. The molecule has 3 rings (SSSR count). The van der Waals surface area contributed by atoms with Gasteiger partial charge in [-0.3, -0.25) is 9.59 Å². The zero-order valence-electron chi connectivity index (χ0n) is 19.3. The van der Waals surface area contributed by atoms with Crippen LogP contribution in [0.4, 0.5) is 5.69 Å². The maximum absolute atomic E-state index is 12.2. The number of hydrogen-bond donors (Lipinski definition) is 4. The van der Waals surface area contributed by atoms with Crippen molar-refractivity contribution in [3.05, 3.63) is 18.2 Å². The van der Waals surface area contributed by atoms with E-state index in [9.17, 15) is 9.59 Å². The van der Waals surface area contributed by atoms with E-state index in [1.165, 1.54) is 0 Å². The summed E-state index contributed by atoms with van der Waals surface area (Å²) < 4.78 is 11.4. The summed E-state index contributed by atoms with van der Waals surface area (Å²) in [6, 6.07) is 5.96. The number of fused-ring (bicyclic) bond motifs is 1. The Bertz CT molecular complexity index is 830. The Morgan fingerprint density at radius 1 is 1.09 bits per heavy atom. The number of guanidine groups is 1. The molecule has 0 bridgehead atoms. The van der Waals surface area contributed by atoms with Gasteiger partial charge in [-0.2, -0.15) is 0 Å². The van der Waals surface area contributed by atoms with Gasteiger partial charge in [-0.15, -0.1) is 0 Å². The van der Waals surface area contributed by atoms with Crippen molar-refractivity contribution in [3.8, 4) is 11.5 Å². The molecule has 0 saturated heterocycles. The van der Waals surface area contributed by atoms with E-state index in [2.05, 4.69) is 26.3 Å². The first kappa shape index (κ1) is 23.7. The Balaban J connectivity index is 1.58. The zero-order valence-corrected chi connectivity index (χ0v) is 19.3. The molecular formula is C23H35N5O4. The first-order chi connectivity index (χ1) is 15.3. The van der Waals surface area contributed by atoms with Crippen molar-refractivity contribution in [1.29, 1.82) is 0 Å². The summed E-state index contributed by atoms with van der Waals surface area (Å²) in [5, 5.41) is 12.3. The van der Waals surface area contributed by atoms with Crippen molar-refractivity contribution in [2.75, 3.05) is 31.6 Å². The van der Waals surface area contributed by atoms with Crippen LogP contribution in [0.1, 0.15) is 52.9 Å². The van der Waals surface area contributed by atoms with Gasteiger partial charge in [0.05, 0.1) is 13.2 Å². The molecule has 2 aliphatic rings. The molecule has 176 valence electrons. The molecule has 32 heavy (non-hydrogen) atoms. The van der Waals surface area contributed by atoms with E-state index in [1.807, 2.05) is 39.0 Å². The average Bonchev–Trinajstić information content (AvgIpc) is 3.54. The highest BCUT2D eigenvalue weighted by Crippen LogP contribution is 2.32. The van der Waals surface area contributed by atoms with Crippen LogP contribution in [0.5, 0.6) is 11.5 Å². The fourth-order valence-corrected chi connectivity index (χ4v) is 3.11. The summed E-state index contributed by atoms with van der Waals surface area (Å²) in [6.45, 7) is 7.55. The van der Waals surface area contributed by atoms with Crippen LogP contribution < -0.4 is 30.7 Å².